The summed E-state index contributed by atoms with van der Waals surface area (Å²) in [7, 11) is 0. The van der Waals surface area contributed by atoms with E-state index in [1.165, 1.54) is 12.8 Å². The number of hydrogen-bond acceptors (Lipinski definition) is 4. The molecule has 19 heavy (non-hydrogen) atoms. The molecule has 2 fully saturated rings. The predicted octanol–water partition coefficient (Wildman–Crippen LogP) is -0.125. The summed E-state index contributed by atoms with van der Waals surface area (Å²) in [6.07, 6.45) is 3.81. The number of carboxylic acids is 1. The Morgan fingerprint density at radius 2 is 2.05 bits per heavy atom. The number of carbonyl (C=O) groups is 2. The van der Waals surface area contributed by atoms with E-state index in [-0.39, 0.29) is 18.7 Å². The number of rotatable bonds is 4. The highest BCUT2D eigenvalue weighted by Crippen LogP contribution is 2.21. The van der Waals surface area contributed by atoms with Gasteiger partial charge in [-0.1, -0.05) is 6.42 Å². The molecule has 0 aliphatic carbocycles. The molecule has 108 valence electrons. The fraction of sp³-hybridized carbons (Fsp3) is 0.846. The minimum absolute atomic E-state index is 0.0453. The van der Waals surface area contributed by atoms with Crippen molar-refractivity contribution < 1.29 is 14.7 Å². The molecule has 2 aliphatic rings. The average Bonchev–Trinajstić information content (AvgIpc) is 2.43. The van der Waals surface area contributed by atoms with Crippen LogP contribution in [-0.4, -0.2) is 65.0 Å². The van der Waals surface area contributed by atoms with E-state index in [1.807, 2.05) is 4.90 Å². The maximum Gasteiger partial charge on any atom is 0.303 e. The Morgan fingerprint density at radius 1 is 1.26 bits per heavy atom. The first-order chi connectivity index (χ1) is 9.08. The zero-order valence-corrected chi connectivity index (χ0v) is 11.3. The maximum absolute atomic E-state index is 12.2. The minimum Gasteiger partial charge on any atom is -0.481 e. The smallest absolute Gasteiger partial charge is 0.303 e. The molecule has 0 saturated carbocycles. The van der Waals surface area contributed by atoms with Gasteiger partial charge in [0.15, 0.2) is 0 Å². The second-order valence-corrected chi connectivity index (χ2v) is 5.51. The molecule has 0 radical (unpaired) electrons. The molecule has 3 N–H and O–H groups in total. The quantitative estimate of drug-likeness (QED) is 0.742. The van der Waals surface area contributed by atoms with Gasteiger partial charge in [0, 0.05) is 32.1 Å². The number of nitrogens with two attached hydrogens (primary N) is 1. The van der Waals surface area contributed by atoms with Crippen molar-refractivity contribution in [2.75, 3.05) is 26.2 Å². The lowest BCUT2D eigenvalue weighted by atomic mass is 9.99. The number of amides is 1. The van der Waals surface area contributed by atoms with Crippen LogP contribution in [0.1, 0.15) is 32.1 Å². The first-order valence-electron chi connectivity index (χ1n) is 7.08. The van der Waals surface area contributed by atoms with E-state index in [9.17, 15) is 9.59 Å². The number of carbonyl (C=O) groups excluding carboxylic acids is 1. The van der Waals surface area contributed by atoms with Gasteiger partial charge in [0.05, 0.1) is 6.04 Å². The molecule has 6 nitrogen and oxygen atoms in total. The Bertz CT molecular complexity index is 348. The summed E-state index contributed by atoms with van der Waals surface area (Å²) in [4.78, 5) is 27.0. The van der Waals surface area contributed by atoms with E-state index < -0.39 is 12.0 Å². The number of piperazine rings is 1. The minimum atomic E-state index is -0.902. The van der Waals surface area contributed by atoms with Crippen molar-refractivity contribution in [1.29, 1.82) is 0 Å². The number of carboxylic acid groups (broad SMARTS) is 1. The molecule has 2 unspecified atom stereocenters. The van der Waals surface area contributed by atoms with Gasteiger partial charge in [0.1, 0.15) is 0 Å². The molecule has 0 aromatic rings. The van der Waals surface area contributed by atoms with Crippen LogP contribution in [0, 0.1) is 0 Å². The Labute approximate surface area is 113 Å². The van der Waals surface area contributed by atoms with Gasteiger partial charge in [-0.05, 0) is 25.8 Å². The summed E-state index contributed by atoms with van der Waals surface area (Å²) < 4.78 is 0. The Kier molecular flexibility index (Phi) is 4.76. The highest BCUT2D eigenvalue weighted by molar-refractivity contribution is 5.82. The van der Waals surface area contributed by atoms with Gasteiger partial charge in [0.25, 0.3) is 0 Å². The van der Waals surface area contributed by atoms with Crippen molar-refractivity contribution in [2.24, 2.45) is 5.73 Å². The van der Waals surface area contributed by atoms with Crippen molar-refractivity contribution in [3.63, 3.8) is 0 Å². The zero-order valence-electron chi connectivity index (χ0n) is 11.3. The van der Waals surface area contributed by atoms with Gasteiger partial charge in [-0.25, -0.2) is 0 Å². The number of aliphatic carboxylic acids is 1. The predicted molar refractivity (Wildman–Crippen MR) is 70.6 cm³/mol. The summed E-state index contributed by atoms with van der Waals surface area (Å²) >= 11 is 0. The lowest BCUT2D eigenvalue weighted by Gasteiger charge is -2.44. The second-order valence-electron chi connectivity index (χ2n) is 5.51. The third kappa shape index (κ3) is 3.67. The second kappa shape index (κ2) is 6.34. The molecule has 0 aromatic heterocycles. The summed E-state index contributed by atoms with van der Waals surface area (Å²) in [6.45, 7) is 3.52. The van der Waals surface area contributed by atoms with Gasteiger partial charge >= 0.3 is 5.97 Å². The van der Waals surface area contributed by atoms with Crippen molar-refractivity contribution in [2.45, 2.75) is 44.2 Å². The number of fused-ring (bicyclic) bond motifs is 1. The fourth-order valence-electron chi connectivity index (χ4n) is 2.99. The summed E-state index contributed by atoms with van der Waals surface area (Å²) in [6, 6.07) is -0.204. The van der Waals surface area contributed by atoms with Crippen LogP contribution in [-0.2, 0) is 9.59 Å². The van der Waals surface area contributed by atoms with Crippen LogP contribution in [0.15, 0.2) is 0 Å². The molecule has 1 amide bonds. The standard InChI is InChI=1S/C13H23N3O3/c14-11(4-5-12(17)18)13(19)16-8-7-15-6-2-1-3-10(15)9-16/h10-11H,1-9,14H2,(H,17,18). The van der Waals surface area contributed by atoms with Crippen molar-refractivity contribution in [1.82, 2.24) is 9.80 Å². The molecule has 0 bridgehead atoms. The lowest BCUT2D eigenvalue weighted by molar-refractivity contribution is -0.138. The van der Waals surface area contributed by atoms with E-state index in [4.69, 9.17) is 10.8 Å². The normalized spacial score (nSPS) is 25.7. The van der Waals surface area contributed by atoms with Crippen molar-refractivity contribution >= 4 is 11.9 Å². The van der Waals surface area contributed by atoms with Gasteiger partial charge in [0.2, 0.25) is 5.91 Å². The van der Waals surface area contributed by atoms with E-state index in [0.717, 1.165) is 32.6 Å². The fourth-order valence-corrected chi connectivity index (χ4v) is 2.99. The molecule has 2 atom stereocenters. The highest BCUT2D eigenvalue weighted by Gasteiger charge is 2.32. The van der Waals surface area contributed by atoms with Gasteiger partial charge in [-0.15, -0.1) is 0 Å². The van der Waals surface area contributed by atoms with Crippen LogP contribution < -0.4 is 5.73 Å². The van der Waals surface area contributed by atoms with E-state index in [1.54, 1.807) is 0 Å². The molecule has 2 heterocycles. The monoisotopic (exact) mass is 269 g/mol. The number of piperidine rings is 1. The van der Waals surface area contributed by atoms with Crippen LogP contribution in [0.4, 0.5) is 0 Å². The van der Waals surface area contributed by atoms with Gasteiger partial charge in [-0.3, -0.25) is 14.5 Å². The Morgan fingerprint density at radius 3 is 2.79 bits per heavy atom. The van der Waals surface area contributed by atoms with E-state index in [0.29, 0.717) is 6.04 Å². The largest absolute Gasteiger partial charge is 0.481 e. The first kappa shape index (κ1) is 14.3. The molecule has 2 saturated heterocycles. The zero-order chi connectivity index (χ0) is 13.8. The van der Waals surface area contributed by atoms with E-state index >= 15 is 0 Å². The third-order valence-corrected chi connectivity index (χ3v) is 4.14. The van der Waals surface area contributed by atoms with E-state index in [2.05, 4.69) is 4.90 Å². The molecular weight excluding hydrogens is 246 g/mol. The van der Waals surface area contributed by atoms with Gasteiger partial charge in [-0.2, -0.15) is 0 Å². The number of hydrogen-bond donors (Lipinski definition) is 2. The van der Waals surface area contributed by atoms with Crippen molar-refractivity contribution in [3.8, 4) is 0 Å². The molecule has 2 aliphatic heterocycles. The summed E-state index contributed by atoms with van der Waals surface area (Å²) in [5.74, 6) is -0.994. The summed E-state index contributed by atoms with van der Waals surface area (Å²) in [5, 5.41) is 8.62. The molecular formula is C13H23N3O3. The molecule has 0 spiro atoms. The number of nitrogens with zero attached hydrogens (tertiary/aromatic N) is 2. The Hall–Kier alpha value is -1.14. The topological polar surface area (TPSA) is 86.9 Å². The first-order valence-corrected chi connectivity index (χ1v) is 7.08. The van der Waals surface area contributed by atoms with Crippen LogP contribution in [0.2, 0.25) is 0 Å². The molecule has 2 rings (SSSR count). The van der Waals surface area contributed by atoms with Crippen LogP contribution >= 0.6 is 0 Å². The third-order valence-electron chi connectivity index (χ3n) is 4.14. The lowest BCUT2D eigenvalue weighted by Crippen LogP contribution is -2.58. The average molecular weight is 269 g/mol. The van der Waals surface area contributed by atoms with Crippen LogP contribution in [0.3, 0.4) is 0 Å². The summed E-state index contributed by atoms with van der Waals surface area (Å²) in [5.41, 5.74) is 5.80. The molecule has 0 aromatic carbocycles. The van der Waals surface area contributed by atoms with Crippen molar-refractivity contribution in [3.05, 3.63) is 0 Å². The molecule has 6 heteroatoms. The van der Waals surface area contributed by atoms with Crippen LogP contribution in [0.25, 0.3) is 0 Å². The van der Waals surface area contributed by atoms with Gasteiger partial charge < -0.3 is 15.7 Å². The highest BCUT2D eigenvalue weighted by atomic mass is 16.4. The Balaban J connectivity index is 1.84. The van der Waals surface area contributed by atoms with Crippen LogP contribution in [0.5, 0.6) is 0 Å². The SMILES string of the molecule is NC(CCC(=O)O)C(=O)N1CCN2CCCCC2C1. The maximum atomic E-state index is 12.2.